The lowest BCUT2D eigenvalue weighted by Gasteiger charge is -2.34. The number of methoxy groups -OCH3 is 1. The predicted molar refractivity (Wildman–Crippen MR) is 242 cm³/mol. The molecule has 2 heterocycles. The minimum absolute atomic E-state index is 0.0561. The van der Waals surface area contributed by atoms with Crippen LogP contribution < -0.4 is 15.4 Å². The van der Waals surface area contributed by atoms with Gasteiger partial charge in [0.15, 0.2) is 0 Å². The zero-order chi connectivity index (χ0) is 46.0. The number of ether oxygens (including phenoxy) is 2. The van der Waals surface area contributed by atoms with Crippen molar-refractivity contribution >= 4 is 52.7 Å². The Hall–Kier alpha value is -5.48. The van der Waals surface area contributed by atoms with E-state index in [0.717, 1.165) is 22.6 Å². The molecule has 0 spiro atoms. The number of imidazole rings is 1. The van der Waals surface area contributed by atoms with Crippen LogP contribution in [0.2, 0.25) is 10.0 Å². The second kappa shape index (κ2) is 22.2. The number of benzene rings is 3. The molecule has 0 saturated carbocycles. The fourth-order valence-corrected chi connectivity index (χ4v) is 7.54. The van der Waals surface area contributed by atoms with Crippen molar-refractivity contribution in [2.75, 3.05) is 48.5 Å². The van der Waals surface area contributed by atoms with Crippen LogP contribution in [0.25, 0.3) is 11.3 Å². The monoisotopic (exact) mass is 904 g/mol. The molecule has 5 amide bonds. The second-order valence-corrected chi connectivity index (χ2v) is 17.1. The summed E-state index contributed by atoms with van der Waals surface area (Å²) in [7, 11) is 10.6. The van der Waals surface area contributed by atoms with Crippen molar-refractivity contribution in [1.29, 1.82) is 0 Å². The van der Waals surface area contributed by atoms with E-state index >= 15 is 0 Å². The summed E-state index contributed by atoms with van der Waals surface area (Å²) in [6.07, 6.45) is 1.72. The first-order chi connectivity index (χ1) is 29.9. The Morgan fingerprint density at radius 3 is 2.19 bits per heavy atom. The van der Waals surface area contributed by atoms with Gasteiger partial charge in [0.05, 0.1) is 31.6 Å². The maximum absolute atomic E-state index is 14.2. The molecule has 17 heteroatoms. The lowest BCUT2D eigenvalue weighted by atomic mass is 10.0. The number of carbonyl (C=O) groups excluding carboxylic acids is 5. The molecular weight excluding hydrogens is 847 g/mol. The molecule has 1 aromatic heterocycles. The van der Waals surface area contributed by atoms with E-state index in [-0.39, 0.29) is 50.8 Å². The highest BCUT2D eigenvalue weighted by Crippen LogP contribution is 2.32. The molecule has 1 fully saturated rings. The van der Waals surface area contributed by atoms with Gasteiger partial charge in [-0.05, 0) is 88.5 Å². The smallest absolute Gasteiger partial charge is 0.247 e. The Morgan fingerprint density at radius 2 is 1.52 bits per heavy atom. The molecule has 5 rings (SSSR count). The predicted octanol–water partition coefficient (Wildman–Crippen LogP) is 5.31. The van der Waals surface area contributed by atoms with Crippen molar-refractivity contribution in [3.05, 3.63) is 99.9 Å². The molecule has 4 atom stereocenters. The zero-order valence-electron chi connectivity index (χ0n) is 37.2. The Kier molecular flexibility index (Phi) is 17.1. The number of likely N-dealkylation sites (N-methyl/N-ethyl adjacent to an activating group) is 2. The average molecular weight is 906 g/mol. The Labute approximate surface area is 379 Å². The minimum atomic E-state index is -1.17. The molecule has 0 aliphatic carbocycles. The van der Waals surface area contributed by atoms with E-state index in [1.165, 1.54) is 21.8 Å². The van der Waals surface area contributed by atoms with E-state index in [1.54, 1.807) is 58.3 Å². The van der Waals surface area contributed by atoms with Gasteiger partial charge in [0, 0.05) is 87.3 Å². The number of halogens is 2. The number of nitrogens with zero attached hydrogens (tertiary/aromatic N) is 6. The zero-order valence-corrected chi connectivity index (χ0v) is 38.7. The van der Waals surface area contributed by atoms with Crippen molar-refractivity contribution in [2.45, 2.75) is 76.8 Å². The van der Waals surface area contributed by atoms with Gasteiger partial charge in [-0.25, -0.2) is 4.98 Å². The SMILES string of the molecule is COC[C@@H]1NC(=O)[C@H](C)N(Cc2ccc(Cl)cc2Oc2ccc(-c3cnc(CN(C)C)n3C)cc2)C(=O)CCC(=O)N(C)[C@@H](C)CNC(=O)C[C@H](Cc2ccc(Cl)cc2)N(C)C1=O. The summed E-state index contributed by atoms with van der Waals surface area (Å²) in [4.78, 5) is 80.4. The summed E-state index contributed by atoms with van der Waals surface area (Å²) >= 11 is 12.6. The Morgan fingerprint density at radius 1 is 0.857 bits per heavy atom. The fraction of sp³-hybridized carbons (Fsp3) is 0.435. The van der Waals surface area contributed by atoms with Gasteiger partial charge in [-0.2, -0.15) is 0 Å². The van der Waals surface area contributed by atoms with Crippen LogP contribution >= 0.6 is 23.2 Å². The summed E-state index contributed by atoms with van der Waals surface area (Å²) in [5, 5.41) is 6.64. The second-order valence-electron chi connectivity index (χ2n) is 16.2. The topological polar surface area (TPSA) is 159 Å². The largest absolute Gasteiger partial charge is 0.457 e. The van der Waals surface area contributed by atoms with E-state index in [2.05, 4.69) is 20.5 Å². The number of carbonyl (C=O) groups is 5. The number of aromatic nitrogens is 2. The van der Waals surface area contributed by atoms with Crippen LogP contribution in [0.15, 0.2) is 72.9 Å². The first kappa shape index (κ1) is 48.6. The van der Waals surface area contributed by atoms with Crippen molar-refractivity contribution in [3.8, 4) is 22.8 Å². The molecule has 1 aliphatic heterocycles. The molecule has 4 aromatic rings. The first-order valence-electron chi connectivity index (χ1n) is 20.8. The molecule has 1 saturated heterocycles. The van der Waals surface area contributed by atoms with Crippen molar-refractivity contribution in [2.24, 2.45) is 7.05 Å². The number of amides is 5. The quantitative estimate of drug-likeness (QED) is 0.204. The van der Waals surface area contributed by atoms with Crippen LogP contribution in [0.3, 0.4) is 0 Å². The van der Waals surface area contributed by atoms with Crippen LogP contribution in [-0.4, -0.2) is 131 Å². The van der Waals surface area contributed by atoms with Crippen LogP contribution in [0.1, 0.15) is 50.1 Å². The third kappa shape index (κ3) is 13.0. The maximum atomic E-state index is 14.2. The fourth-order valence-electron chi connectivity index (χ4n) is 7.25. The van der Waals surface area contributed by atoms with Crippen molar-refractivity contribution in [3.63, 3.8) is 0 Å². The van der Waals surface area contributed by atoms with Gasteiger partial charge in [-0.3, -0.25) is 24.0 Å². The standard InChI is InChI=1S/C46H58Cl2N8O7/c1-29-24-50-42(57)23-36(21-31-9-14-34(47)15-10-31)54(6)46(61)38(28-62-8)51-45(60)30(2)56(44(59)20-19-43(58)53(29)5)26-33-11-16-35(48)22-40(33)63-37-17-12-32(13-18-37)39-25-49-41(55(39)7)27-52(3)4/h9-18,22,25,29-30,36,38H,19-21,23-24,26-28H2,1-8H3,(H,50,57)(H,51,60)/t29-,30-,36-,38-/m0/s1. The van der Waals surface area contributed by atoms with E-state index in [9.17, 15) is 24.0 Å². The van der Waals surface area contributed by atoms with Crippen molar-refractivity contribution in [1.82, 2.24) is 39.8 Å². The maximum Gasteiger partial charge on any atom is 0.247 e. The highest BCUT2D eigenvalue weighted by molar-refractivity contribution is 6.31. The third-order valence-corrected chi connectivity index (χ3v) is 11.8. The van der Waals surface area contributed by atoms with Crippen LogP contribution in [0, 0.1) is 0 Å². The summed E-state index contributed by atoms with van der Waals surface area (Å²) in [6.45, 7) is 3.92. The molecular formula is C46H58Cl2N8O7. The van der Waals surface area contributed by atoms with Crippen molar-refractivity contribution < 1.29 is 33.4 Å². The summed E-state index contributed by atoms with van der Waals surface area (Å²) in [5.41, 5.74) is 3.27. The lowest BCUT2D eigenvalue weighted by Crippen LogP contribution is -2.57. The van der Waals surface area contributed by atoms with E-state index in [0.29, 0.717) is 40.1 Å². The molecule has 338 valence electrons. The van der Waals surface area contributed by atoms with Gasteiger partial charge in [0.1, 0.15) is 29.4 Å². The molecule has 0 bridgehead atoms. The Bertz CT molecular complexity index is 2230. The number of hydrogen-bond acceptors (Lipinski definition) is 9. The highest BCUT2D eigenvalue weighted by Gasteiger charge is 2.34. The molecule has 1 aliphatic rings. The molecule has 0 unspecified atom stereocenters. The van der Waals surface area contributed by atoms with E-state index in [1.807, 2.05) is 68.3 Å². The molecule has 3 aromatic carbocycles. The molecule has 2 N–H and O–H groups in total. The third-order valence-electron chi connectivity index (χ3n) is 11.3. The van der Waals surface area contributed by atoms with Gasteiger partial charge >= 0.3 is 0 Å². The minimum Gasteiger partial charge on any atom is -0.457 e. The summed E-state index contributed by atoms with van der Waals surface area (Å²) in [6, 6.07) is 16.3. The summed E-state index contributed by atoms with van der Waals surface area (Å²) in [5.74, 6) is -0.444. The summed E-state index contributed by atoms with van der Waals surface area (Å²) < 4.78 is 13.8. The number of nitrogens with one attached hydrogen (secondary N) is 2. The normalized spacial score (nSPS) is 20.1. The van der Waals surface area contributed by atoms with E-state index < -0.39 is 41.9 Å². The number of hydrogen-bond donors (Lipinski definition) is 2. The van der Waals surface area contributed by atoms with Crippen LogP contribution in [0.4, 0.5) is 0 Å². The first-order valence-corrected chi connectivity index (χ1v) is 21.6. The molecule has 63 heavy (non-hydrogen) atoms. The van der Waals surface area contributed by atoms with Crippen LogP contribution in [-0.2, 0) is 55.3 Å². The van der Waals surface area contributed by atoms with Gasteiger partial charge in [0.25, 0.3) is 0 Å². The lowest BCUT2D eigenvalue weighted by molar-refractivity contribution is -0.145. The van der Waals surface area contributed by atoms with Gasteiger partial charge in [0.2, 0.25) is 29.5 Å². The van der Waals surface area contributed by atoms with Gasteiger partial charge in [-0.15, -0.1) is 0 Å². The van der Waals surface area contributed by atoms with E-state index in [4.69, 9.17) is 32.7 Å². The Balaban J connectivity index is 1.44. The average Bonchev–Trinajstić information content (AvgIpc) is 3.61. The van der Waals surface area contributed by atoms with Gasteiger partial charge in [-0.1, -0.05) is 41.4 Å². The molecule has 0 radical (unpaired) electrons. The number of rotatable bonds is 11. The molecule has 15 nitrogen and oxygen atoms in total. The highest BCUT2D eigenvalue weighted by atomic mass is 35.5. The van der Waals surface area contributed by atoms with Gasteiger partial charge < -0.3 is 44.3 Å². The van der Waals surface area contributed by atoms with Crippen LogP contribution in [0.5, 0.6) is 11.5 Å².